The minimum Gasteiger partial charge on any atom is -0.379 e. The fourth-order valence-corrected chi connectivity index (χ4v) is 2.04. The highest BCUT2D eigenvalue weighted by Gasteiger charge is 2.23. The lowest BCUT2D eigenvalue weighted by Gasteiger charge is -2.17. The molecule has 0 radical (unpaired) electrons. The Kier molecular flexibility index (Phi) is 2.30. The van der Waals surface area contributed by atoms with E-state index in [2.05, 4.69) is 19.9 Å². The maximum absolute atomic E-state index is 9.50. The fourth-order valence-electron chi connectivity index (χ4n) is 2.04. The van der Waals surface area contributed by atoms with Crippen molar-refractivity contribution in [2.75, 3.05) is 5.73 Å². The second-order valence-corrected chi connectivity index (χ2v) is 3.92. The van der Waals surface area contributed by atoms with E-state index in [0.29, 0.717) is 24.6 Å². The van der Waals surface area contributed by atoms with Crippen LogP contribution in [0.25, 0.3) is 17.6 Å². The molecule has 8 nitrogen and oxygen atoms in total. The second kappa shape index (κ2) is 3.84. The molecule has 1 aliphatic heterocycles. The predicted molar refractivity (Wildman–Crippen MR) is 62.0 cm³/mol. The van der Waals surface area contributed by atoms with Crippen LogP contribution in [0.4, 0.5) is 5.82 Å². The second-order valence-electron chi connectivity index (χ2n) is 3.92. The van der Waals surface area contributed by atoms with Crippen molar-refractivity contribution >= 4 is 11.9 Å². The summed E-state index contributed by atoms with van der Waals surface area (Å²) in [6.07, 6.45) is 3.29. The number of hydrogen-bond acceptors (Lipinski definition) is 7. The molecule has 0 aromatic carbocycles. The molecule has 0 bridgehead atoms. The van der Waals surface area contributed by atoms with Crippen LogP contribution < -0.4 is 5.73 Å². The number of fused-ring (bicyclic) bond motifs is 1. The SMILES string of the molecule is CCn1c(-c2nonc2N)nc2c1CN(O)C=C2. The molecule has 3 N–H and O–H groups in total. The van der Waals surface area contributed by atoms with Crippen LogP contribution in [0.5, 0.6) is 0 Å². The average molecular weight is 248 g/mol. The van der Waals surface area contributed by atoms with E-state index in [1.165, 1.54) is 0 Å². The van der Waals surface area contributed by atoms with Crippen molar-refractivity contribution in [2.45, 2.75) is 20.0 Å². The number of hydroxylamine groups is 2. The minimum absolute atomic E-state index is 0.205. The lowest BCUT2D eigenvalue weighted by Crippen LogP contribution is -2.18. The first-order valence-electron chi connectivity index (χ1n) is 5.52. The largest absolute Gasteiger partial charge is 0.379 e. The Balaban J connectivity index is 2.18. The van der Waals surface area contributed by atoms with E-state index >= 15 is 0 Å². The van der Waals surface area contributed by atoms with E-state index in [1.54, 1.807) is 12.3 Å². The molecule has 0 fully saturated rings. The van der Waals surface area contributed by atoms with Crippen molar-refractivity contribution < 1.29 is 9.84 Å². The Bertz CT molecular complexity index is 614. The molecular weight excluding hydrogens is 236 g/mol. The smallest absolute Gasteiger partial charge is 0.199 e. The van der Waals surface area contributed by atoms with Crippen molar-refractivity contribution in [3.05, 3.63) is 17.6 Å². The molecule has 0 atom stereocenters. The van der Waals surface area contributed by atoms with E-state index < -0.39 is 0 Å². The van der Waals surface area contributed by atoms with Gasteiger partial charge in [0.1, 0.15) is 0 Å². The zero-order chi connectivity index (χ0) is 12.7. The van der Waals surface area contributed by atoms with Gasteiger partial charge >= 0.3 is 0 Å². The van der Waals surface area contributed by atoms with Crippen molar-refractivity contribution in [1.82, 2.24) is 24.9 Å². The van der Waals surface area contributed by atoms with Crippen LogP contribution in [-0.2, 0) is 13.1 Å². The molecule has 1 aliphatic rings. The van der Waals surface area contributed by atoms with Crippen molar-refractivity contribution in [3.63, 3.8) is 0 Å². The van der Waals surface area contributed by atoms with Crippen LogP contribution in [0.2, 0.25) is 0 Å². The van der Waals surface area contributed by atoms with Crippen LogP contribution in [-0.4, -0.2) is 30.1 Å². The number of anilines is 1. The molecule has 0 unspecified atom stereocenters. The van der Waals surface area contributed by atoms with E-state index in [9.17, 15) is 5.21 Å². The molecule has 3 rings (SSSR count). The van der Waals surface area contributed by atoms with Crippen LogP contribution in [0.15, 0.2) is 10.8 Å². The van der Waals surface area contributed by atoms with Gasteiger partial charge in [0, 0.05) is 12.7 Å². The van der Waals surface area contributed by atoms with Gasteiger partial charge < -0.3 is 10.3 Å². The summed E-state index contributed by atoms with van der Waals surface area (Å²) in [5.74, 6) is 0.804. The molecule has 2 aromatic heterocycles. The van der Waals surface area contributed by atoms with Gasteiger partial charge in [0.2, 0.25) is 0 Å². The quantitative estimate of drug-likeness (QED) is 0.806. The fraction of sp³-hybridized carbons (Fsp3) is 0.300. The normalized spacial score (nSPS) is 14.0. The molecule has 0 saturated carbocycles. The summed E-state index contributed by atoms with van der Waals surface area (Å²) in [6.45, 7) is 3.04. The lowest BCUT2D eigenvalue weighted by atomic mass is 10.2. The van der Waals surface area contributed by atoms with Gasteiger partial charge in [-0.05, 0) is 23.3 Å². The van der Waals surface area contributed by atoms with Crippen molar-refractivity contribution in [3.8, 4) is 11.5 Å². The van der Waals surface area contributed by atoms with Crippen LogP contribution in [0.3, 0.4) is 0 Å². The topological polar surface area (TPSA) is 106 Å². The first-order chi connectivity index (χ1) is 8.70. The van der Waals surface area contributed by atoms with Gasteiger partial charge in [-0.1, -0.05) is 0 Å². The number of rotatable bonds is 2. The molecule has 2 aromatic rings. The van der Waals surface area contributed by atoms with Crippen LogP contribution in [0.1, 0.15) is 18.3 Å². The third-order valence-electron chi connectivity index (χ3n) is 2.86. The number of aromatic nitrogens is 4. The summed E-state index contributed by atoms with van der Waals surface area (Å²) in [6, 6.07) is 0. The van der Waals surface area contributed by atoms with Crippen molar-refractivity contribution in [1.29, 1.82) is 0 Å². The Labute approximate surface area is 102 Å². The number of hydrogen-bond donors (Lipinski definition) is 2. The highest BCUT2D eigenvalue weighted by Crippen LogP contribution is 2.27. The van der Waals surface area contributed by atoms with Gasteiger partial charge in [-0.15, -0.1) is 0 Å². The monoisotopic (exact) mass is 248 g/mol. The first-order valence-corrected chi connectivity index (χ1v) is 5.52. The van der Waals surface area contributed by atoms with Gasteiger partial charge in [-0.3, -0.25) is 10.3 Å². The van der Waals surface area contributed by atoms with Gasteiger partial charge in [0.15, 0.2) is 17.3 Å². The van der Waals surface area contributed by atoms with Crippen LogP contribution >= 0.6 is 0 Å². The molecular formula is C10H12N6O2. The van der Waals surface area contributed by atoms with Crippen molar-refractivity contribution in [2.24, 2.45) is 0 Å². The lowest BCUT2D eigenvalue weighted by molar-refractivity contribution is -0.0512. The van der Waals surface area contributed by atoms with E-state index in [0.717, 1.165) is 16.5 Å². The molecule has 94 valence electrons. The molecule has 18 heavy (non-hydrogen) atoms. The highest BCUT2D eigenvalue weighted by atomic mass is 16.6. The standard InChI is InChI=1S/C10H12N6O2/c1-2-16-7-5-15(17)4-3-6(7)12-10(16)8-9(11)14-18-13-8/h3-4,17H,2,5H2,1H3,(H2,11,14). The number of nitrogen functional groups attached to an aromatic ring is 1. The molecule has 0 saturated heterocycles. The third kappa shape index (κ3) is 1.46. The van der Waals surface area contributed by atoms with Gasteiger partial charge in [0.05, 0.1) is 17.9 Å². The summed E-state index contributed by atoms with van der Waals surface area (Å²) < 4.78 is 6.52. The Hall–Kier alpha value is -2.35. The molecule has 0 amide bonds. The maximum Gasteiger partial charge on any atom is 0.199 e. The molecule has 3 heterocycles. The Morgan fingerprint density at radius 3 is 3.00 bits per heavy atom. The van der Waals surface area contributed by atoms with Crippen LogP contribution in [0, 0.1) is 0 Å². The third-order valence-corrected chi connectivity index (χ3v) is 2.86. The molecule has 0 aliphatic carbocycles. The van der Waals surface area contributed by atoms with E-state index in [-0.39, 0.29) is 5.82 Å². The van der Waals surface area contributed by atoms with Gasteiger partial charge in [-0.25, -0.2) is 9.61 Å². The summed E-state index contributed by atoms with van der Waals surface area (Å²) in [5, 5.41) is 17.9. The summed E-state index contributed by atoms with van der Waals surface area (Å²) in [5.41, 5.74) is 7.80. The summed E-state index contributed by atoms with van der Waals surface area (Å²) in [4.78, 5) is 4.46. The Morgan fingerprint density at radius 2 is 2.33 bits per heavy atom. The minimum atomic E-state index is 0.205. The van der Waals surface area contributed by atoms with E-state index in [4.69, 9.17) is 5.73 Å². The zero-order valence-electron chi connectivity index (χ0n) is 9.74. The average Bonchev–Trinajstić information content (AvgIpc) is 2.91. The zero-order valence-corrected chi connectivity index (χ0v) is 9.74. The molecule has 0 spiro atoms. The molecule has 8 heteroatoms. The predicted octanol–water partition coefficient (Wildman–Crippen LogP) is 0.711. The number of nitrogens with two attached hydrogens (primary N) is 1. The first kappa shape index (κ1) is 10.8. The van der Waals surface area contributed by atoms with E-state index in [1.807, 2.05) is 11.5 Å². The highest BCUT2D eigenvalue weighted by molar-refractivity contribution is 5.66. The van der Waals surface area contributed by atoms with Gasteiger partial charge in [0.25, 0.3) is 0 Å². The Morgan fingerprint density at radius 1 is 1.50 bits per heavy atom. The number of nitrogens with zero attached hydrogens (tertiary/aromatic N) is 5. The summed E-state index contributed by atoms with van der Waals surface area (Å²) >= 11 is 0. The van der Waals surface area contributed by atoms with Gasteiger partial charge in [-0.2, -0.15) is 0 Å². The maximum atomic E-state index is 9.50. The number of imidazole rings is 1. The summed E-state index contributed by atoms with van der Waals surface area (Å²) in [7, 11) is 0.